The van der Waals surface area contributed by atoms with E-state index >= 15 is 0 Å². The molecule has 0 saturated carbocycles. The van der Waals surface area contributed by atoms with Crippen LogP contribution in [-0.4, -0.2) is 49.5 Å². The van der Waals surface area contributed by atoms with Gasteiger partial charge in [-0.3, -0.25) is 4.79 Å². The number of hydrogen-bond donors (Lipinski definition) is 1. The van der Waals surface area contributed by atoms with Gasteiger partial charge in [0.15, 0.2) is 5.58 Å². The summed E-state index contributed by atoms with van der Waals surface area (Å²) in [6, 6.07) is 6.67. The molecule has 6 nitrogen and oxygen atoms in total. The molecule has 0 fully saturated rings. The fraction of sp³-hybridized carbons (Fsp3) is 0.429. The normalized spacial score (nSPS) is 11.2. The quantitative estimate of drug-likeness (QED) is 0.855. The molecule has 6 heteroatoms. The zero-order valence-electron chi connectivity index (χ0n) is 12.0. The van der Waals surface area contributed by atoms with E-state index < -0.39 is 5.91 Å². The topological polar surface area (TPSA) is 75.6 Å². The Balaban J connectivity index is 2.34. The Hall–Kier alpha value is -2.08. The first-order valence-corrected chi connectivity index (χ1v) is 6.53. The summed E-state index contributed by atoms with van der Waals surface area (Å²) < 4.78 is 5.71. The van der Waals surface area contributed by atoms with Crippen LogP contribution in [0.1, 0.15) is 17.3 Å². The SMILES string of the molecule is CCN(CCN(C)C)c1nc2c(C(N)=O)[c]ccc2o1. The van der Waals surface area contributed by atoms with Crippen molar-refractivity contribution in [2.24, 2.45) is 5.73 Å². The number of carbonyl (C=O) groups is 1. The number of hydrogen-bond acceptors (Lipinski definition) is 5. The number of nitrogens with zero attached hydrogens (tertiary/aromatic N) is 3. The second-order valence-electron chi connectivity index (χ2n) is 4.81. The van der Waals surface area contributed by atoms with Crippen molar-refractivity contribution in [2.75, 3.05) is 38.6 Å². The minimum Gasteiger partial charge on any atom is -0.423 e. The lowest BCUT2D eigenvalue weighted by Gasteiger charge is -2.20. The standard InChI is InChI=1S/C14H19N4O2/c1-4-18(9-8-17(2)3)14-16-12-10(13(15)19)6-5-7-11(12)20-14/h5,7H,4,8-9H2,1-3H3,(H2,15,19). The van der Waals surface area contributed by atoms with E-state index in [2.05, 4.69) is 16.0 Å². The van der Waals surface area contributed by atoms with Gasteiger partial charge in [0, 0.05) is 19.6 Å². The van der Waals surface area contributed by atoms with Crippen molar-refractivity contribution in [3.63, 3.8) is 0 Å². The predicted molar refractivity (Wildman–Crippen MR) is 77.8 cm³/mol. The highest BCUT2D eigenvalue weighted by Gasteiger charge is 2.16. The Labute approximate surface area is 118 Å². The van der Waals surface area contributed by atoms with E-state index in [9.17, 15) is 4.79 Å². The Kier molecular flexibility index (Phi) is 4.24. The number of rotatable bonds is 6. The Morgan fingerprint density at radius 2 is 2.20 bits per heavy atom. The molecule has 1 aromatic heterocycles. The summed E-state index contributed by atoms with van der Waals surface area (Å²) in [5, 5.41) is 0. The summed E-state index contributed by atoms with van der Waals surface area (Å²) in [4.78, 5) is 19.9. The number of primary amides is 1. The van der Waals surface area contributed by atoms with Gasteiger partial charge in [0.05, 0.1) is 5.56 Å². The van der Waals surface area contributed by atoms with Crippen LogP contribution in [0.3, 0.4) is 0 Å². The monoisotopic (exact) mass is 275 g/mol. The van der Waals surface area contributed by atoms with Crippen LogP contribution in [0.25, 0.3) is 11.1 Å². The van der Waals surface area contributed by atoms with Crippen molar-refractivity contribution >= 4 is 23.0 Å². The fourth-order valence-corrected chi connectivity index (χ4v) is 1.91. The third-order valence-corrected chi connectivity index (χ3v) is 3.06. The molecule has 107 valence electrons. The second-order valence-corrected chi connectivity index (χ2v) is 4.81. The molecule has 0 aliphatic rings. The van der Waals surface area contributed by atoms with E-state index in [1.807, 2.05) is 25.9 Å². The lowest BCUT2D eigenvalue weighted by atomic mass is 10.2. The number of likely N-dealkylation sites (N-methyl/N-ethyl adjacent to an activating group) is 2. The third-order valence-electron chi connectivity index (χ3n) is 3.06. The molecule has 1 radical (unpaired) electrons. The Morgan fingerprint density at radius 1 is 1.45 bits per heavy atom. The molecule has 0 aliphatic carbocycles. The van der Waals surface area contributed by atoms with E-state index in [1.54, 1.807) is 12.1 Å². The minimum absolute atomic E-state index is 0.265. The van der Waals surface area contributed by atoms with Gasteiger partial charge in [0.2, 0.25) is 0 Å². The van der Waals surface area contributed by atoms with Crippen LogP contribution in [0, 0.1) is 6.07 Å². The molecule has 0 bridgehead atoms. The van der Waals surface area contributed by atoms with E-state index in [0.29, 0.717) is 17.1 Å². The van der Waals surface area contributed by atoms with E-state index in [4.69, 9.17) is 10.2 Å². The highest BCUT2D eigenvalue weighted by atomic mass is 16.4. The lowest BCUT2D eigenvalue weighted by molar-refractivity contribution is 0.100. The van der Waals surface area contributed by atoms with Gasteiger partial charge in [-0.15, -0.1) is 0 Å². The fourth-order valence-electron chi connectivity index (χ4n) is 1.91. The number of nitrogens with two attached hydrogens (primary N) is 1. The van der Waals surface area contributed by atoms with E-state index in [-0.39, 0.29) is 5.56 Å². The molecule has 1 heterocycles. The summed E-state index contributed by atoms with van der Waals surface area (Å²) in [7, 11) is 4.03. The molecule has 0 unspecified atom stereocenters. The number of amides is 1. The average molecular weight is 275 g/mol. The van der Waals surface area contributed by atoms with Crippen LogP contribution in [0.15, 0.2) is 16.5 Å². The number of benzene rings is 1. The summed E-state index contributed by atoms with van der Waals surface area (Å²) >= 11 is 0. The number of carbonyl (C=O) groups excluding carboxylic acids is 1. The van der Waals surface area contributed by atoms with Gasteiger partial charge in [0.25, 0.3) is 11.9 Å². The van der Waals surface area contributed by atoms with Crippen molar-refractivity contribution in [1.29, 1.82) is 0 Å². The van der Waals surface area contributed by atoms with E-state index in [1.165, 1.54) is 0 Å². The van der Waals surface area contributed by atoms with Crippen LogP contribution in [0.2, 0.25) is 0 Å². The second kappa shape index (κ2) is 5.92. The van der Waals surface area contributed by atoms with Crippen LogP contribution in [-0.2, 0) is 0 Å². The molecule has 1 amide bonds. The Morgan fingerprint density at radius 3 is 2.80 bits per heavy atom. The van der Waals surface area contributed by atoms with Gasteiger partial charge >= 0.3 is 0 Å². The summed E-state index contributed by atoms with van der Waals surface area (Å²) in [6.07, 6.45) is 0. The zero-order valence-corrected chi connectivity index (χ0v) is 12.0. The molecule has 0 saturated heterocycles. The maximum atomic E-state index is 11.4. The van der Waals surface area contributed by atoms with E-state index in [0.717, 1.165) is 19.6 Å². The first-order valence-electron chi connectivity index (χ1n) is 6.53. The number of fused-ring (bicyclic) bond motifs is 1. The molecular weight excluding hydrogens is 256 g/mol. The lowest BCUT2D eigenvalue weighted by Crippen LogP contribution is -2.31. The number of aromatic nitrogens is 1. The van der Waals surface area contributed by atoms with Crippen molar-refractivity contribution < 1.29 is 9.21 Å². The van der Waals surface area contributed by atoms with Gasteiger partial charge < -0.3 is 20.0 Å². The maximum Gasteiger partial charge on any atom is 0.298 e. The van der Waals surface area contributed by atoms with Crippen LogP contribution in [0.4, 0.5) is 6.01 Å². The smallest absolute Gasteiger partial charge is 0.298 e. The highest BCUT2D eigenvalue weighted by Crippen LogP contribution is 2.24. The summed E-state index contributed by atoms with van der Waals surface area (Å²) in [6.45, 7) is 4.50. The maximum absolute atomic E-state index is 11.4. The van der Waals surface area contributed by atoms with Gasteiger partial charge in [-0.05, 0) is 39.2 Å². The van der Waals surface area contributed by atoms with Gasteiger partial charge in [-0.2, -0.15) is 4.98 Å². The van der Waals surface area contributed by atoms with Gasteiger partial charge in [0.1, 0.15) is 5.52 Å². The first kappa shape index (κ1) is 14.3. The van der Waals surface area contributed by atoms with Crippen molar-refractivity contribution in [3.8, 4) is 0 Å². The largest absolute Gasteiger partial charge is 0.423 e. The number of anilines is 1. The van der Waals surface area contributed by atoms with Gasteiger partial charge in [-0.25, -0.2) is 0 Å². The highest BCUT2D eigenvalue weighted by molar-refractivity contribution is 6.03. The average Bonchev–Trinajstić information content (AvgIpc) is 2.82. The predicted octanol–water partition coefficient (Wildman–Crippen LogP) is 1.11. The summed E-state index contributed by atoms with van der Waals surface area (Å²) in [5.74, 6) is -0.549. The molecule has 2 rings (SSSR count). The molecule has 2 N–H and O–H groups in total. The van der Waals surface area contributed by atoms with Gasteiger partial charge in [-0.1, -0.05) is 0 Å². The molecule has 2 aromatic rings. The van der Waals surface area contributed by atoms with Crippen LogP contribution < -0.4 is 10.6 Å². The Bertz CT molecular complexity index is 606. The third kappa shape index (κ3) is 2.91. The van der Waals surface area contributed by atoms with Crippen molar-refractivity contribution in [2.45, 2.75) is 6.92 Å². The molecule has 1 aromatic carbocycles. The van der Waals surface area contributed by atoms with Crippen molar-refractivity contribution in [3.05, 3.63) is 23.8 Å². The minimum atomic E-state index is -0.549. The zero-order chi connectivity index (χ0) is 14.7. The molecule has 0 atom stereocenters. The molecular formula is C14H19N4O2. The summed E-state index contributed by atoms with van der Waals surface area (Å²) in [5.41, 5.74) is 6.61. The van der Waals surface area contributed by atoms with Crippen LogP contribution in [0.5, 0.6) is 0 Å². The molecule has 20 heavy (non-hydrogen) atoms. The molecule has 0 aliphatic heterocycles. The van der Waals surface area contributed by atoms with Crippen molar-refractivity contribution in [1.82, 2.24) is 9.88 Å². The van der Waals surface area contributed by atoms with Crippen LogP contribution >= 0.6 is 0 Å². The first-order chi connectivity index (χ1) is 9.52. The number of oxazole rings is 1. The molecule has 0 spiro atoms.